The molecule has 22 heavy (non-hydrogen) atoms. The number of carboxylic acid groups (broad SMARTS) is 1. The van der Waals surface area contributed by atoms with Crippen LogP contribution in [0.25, 0.3) is 11.1 Å². The van der Waals surface area contributed by atoms with Crippen molar-refractivity contribution in [3.05, 3.63) is 42.0 Å². The third-order valence-electron chi connectivity index (χ3n) is 3.13. The van der Waals surface area contributed by atoms with Crippen molar-refractivity contribution in [2.45, 2.75) is 6.42 Å². The lowest BCUT2D eigenvalue weighted by molar-refractivity contribution is 0.0927. The van der Waals surface area contributed by atoms with Gasteiger partial charge in [-0.3, -0.25) is 0 Å². The molecule has 0 aliphatic carbocycles. The minimum atomic E-state index is -1.31. The van der Waals surface area contributed by atoms with Gasteiger partial charge in [-0.15, -0.1) is 0 Å². The van der Waals surface area contributed by atoms with Crippen LogP contribution in [0.2, 0.25) is 0 Å². The zero-order valence-electron chi connectivity index (χ0n) is 11.9. The van der Waals surface area contributed by atoms with E-state index < -0.39 is 6.16 Å². The number of phenolic OH excluding ortho intramolecular Hbond substituents is 2. The maximum atomic E-state index is 10.4. The van der Waals surface area contributed by atoms with E-state index >= 15 is 0 Å². The largest absolute Gasteiger partial charge is 0.505 e. The highest BCUT2D eigenvalue weighted by Gasteiger charge is 2.07. The smallest absolute Gasteiger partial charge is 0.504 e. The Morgan fingerprint density at radius 3 is 2.45 bits per heavy atom. The molecule has 3 N–H and O–H groups in total. The summed E-state index contributed by atoms with van der Waals surface area (Å²) < 4.78 is 9.73. The molecule has 0 saturated heterocycles. The molecule has 2 aromatic carbocycles. The molecular weight excluding hydrogens is 288 g/mol. The Bertz CT molecular complexity index is 680. The Labute approximate surface area is 127 Å². The minimum absolute atomic E-state index is 0.0444. The fraction of sp³-hybridized carbons (Fsp3) is 0.188. The third kappa shape index (κ3) is 3.82. The van der Waals surface area contributed by atoms with Crippen molar-refractivity contribution in [2.24, 2.45) is 0 Å². The lowest BCUT2D eigenvalue weighted by atomic mass is 10.0. The molecule has 0 fully saturated rings. The standard InChI is InChI=1S/C16H16O6/c1-21-13-7-10(4-5-22-16(19)20)6-12(8-13)11-2-3-14(17)15(18)9-11/h2-3,6-9,17-18H,4-5H2,1H3,(H,19,20). The summed E-state index contributed by atoms with van der Waals surface area (Å²) in [5, 5.41) is 27.4. The van der Waals surface area contributed by atoms with Gasteiger partial charge in [0.25, 0.3) is 0 Å². The number of methoxy groups -OCH3 is 1. The van der Waals surface area contributed by atoms with Crippen molar-refractivity contribution in [1.29, 1.82) is 0 Å². The first kappa shape index (κ1) is 15.5. The molecule has 0 saturated carbocycles. The first-order chi connectivity index (χ1) is 10.5. The van der Waals surface area contributed by atoms with Crippen molar-refractivity contribution in [1.82, 2.24) is 0 Å². The number of phenols is 2. The van der Waals surface area contributed by atoms with Crippen LogP contribution in [0.5, 0.6) is 17.2 Å². The van der Waals surface area contributed by atoms with Gasteiger partial charge in [-0.25, -0.2) is 4.79 Å². The zero-order valence-corrected chi connectivity index (χ0v) is 11.9. The number of carbonyl (C=O) groups is 1. The van der Waals surface area contributed by atoms with E-state index in [1.807, 2.05) is 6.07 Å². The summed E-state index contributed by atoms with van der Waals surface area (Å²) in [6, 6.07) is 9.93. The Hall–Kier alpha value is -2.89. The summed E-state index contributed by atoms with van der Waals surface area (Å²) in [5.74, 6) is 0.202. The number of hydrogen-bond acceptors (Lipinski definition) is 5. The molecule has 2 rings (SSSR count). The number of ether oxygens (including phenoxy) is 2. The molecule has 6 nitrogen and oxygen atoms in total. The summed E-state index contributed by atoms with van der Waals surface area (Å²) in [5.41, 5.74) is 2.32. The van der Waals surface area contributed by atoms with Crippen LogP contribution in [0.15, 0.2) is 36.4 Å². The Kier molecular flexibility index (Phi) is 4.73. The molecule has 0 bridgehead atoms. The van der Waals surface area contributed by atoms with Gasteiger partial charge in [-0.1, -0.05) is 12.1 Å². The molecule has 6 heteroatoms. The predicted octanol–water partition coefficient (Wildman–Crippen LogP) is 3.01. The van der Waals surface area contributed by atoms with Crippen molar-refractivity contribution in [3.63, 3.8) is 0 Å². The van der Waals surface area contributed by atoms with Gasteiger partial charge in [-0.2, -0.15) is 0 Å². The van der Waals surface area contributed by atoms with E-state index in [1.54, 1.807) is 18.2 Å². The van der Waals surface area contributed by atoms with Crippen molar-refractivity contribution in [3.8, 4) is 28.4 Å². The zero-order chi connectivity index (χ0) is 16.1. The first-order valence-corrected chi connectivity index (χ1v) is 6.55. The summed E-state index contributed by atoms with van der Waals surface area (Å²) in [6.07, 6.45) is -0.910. The fourth-order valence-corrected chi connectivity index (χ4v) is 2.05. The van der Waals surface area contributed by atoms with E-state index in [9.17, 15) is 15.0 Å². The topological polar surface area (TPSA) is 96.2 Å². The number of aromatic hydroxyl groups is 2. The molecule has 0 aliphatic rings. The van der Waals surface area contributed by atoms with Crippen LogP contribution in [0.4, 0.5) is 4.79 Å². The molecule has 0 heterocycles. The van der Waals surface area contributed by atoms with E-state index in [-0.39, 0.29) is 18.1 Å². The molecule has 0 spiro atoms. The van der Waals surface area contributed by atoms with Gasteiger partial charge in [0, 0.05) is 6.42 Å². The van der Waals surface area contributed by atoms with Gasteiger partial charge in [0.15, 0.2) is 11.5 Å². The molecule has 0 radical (unpaired) electrons. The van der Waals surface area contributed by atoms with Gasteiger partial charge in [0.1, 0.15) is 5.75 Å². The van der Waals surface area contributed by atoms with Crippen LogP contribution in [-0.2, 0) is 11.2 Å². The molecule has 0 aliphatic heterocycles. The van der Waals surface area contributed by atoms with E-state index in [2.05, 4.69) is 4.74 Å². The molecule has 2 aromatic rings. The maximum absolute atomic E-state index is 10.4. The summed E-state index contributed by atoms with van der Waals surface area (Å²) in [4.78, 5) is 10.4. The second-order valence-electron chi connectivity index (χ2n) is 4.64. The highest BCUT2D eigenvalue weighted by Crippen LogP contribution is 2.32. The van der Waals surface area contributed by atoms with Gasteiger partial charge in [-0.05, 0) is 41.0 Å². The summed E-state index contributed by atoms with van der Waals surface area (Å²) in [6.45, 7) is 0.0444. The fourth-order valence-electron chi connectivity index (χ4n) is 2.05. The third-order valence-corrected chi connectivity index (χ3v) is 3.13. The van der Waals surface area contributed by atoms with Gasteiger partial charge >= 0.3 is 6.16 Å². The monoisotopic (exact) mass is 304 g/mol. The average Bonchev–Trinajstić information content (AvgIpc) is 2.49. The molecule has 0 amide bonds. The van der Waals surface area contributed by atoms with Crippen LogP contribution < -0.4 is 4.74 Å². The highest BCUT2D eigenvalue weighted by atomic mass is 16.7. The number of rotatable bonds is 5. The van der Waals surface area contributed by atoms with Crippen LogP contribution >= 0.6 is 0 Å². The second-order valence-corrected chi connectivity index (χ2v) is 4.64. The molecule has 0 atom stereocenters. The summed E-state index contributed by atoms with van der Waals surface area (Å²) >= 11 is 0. The van der Waals surface area contributed by atoms with E-state index in [4.69, 9.17) is 9.84 Å². The average molecular weight is 304 g/mol. The maximum Gasteiger partial charge on any atom is 0.505 e. The Morgan fingerprint density at radius 2 is 1.82 bits per heavy atom. The van der Waals surface area contributed by atoms with E-state index in [0.717, 1.165) is 11.1 Å². The molecule has 0 aromatic heterocycles. The SMILES string of the molecule is COc1cc(CCOC(=O)O)cc(-c2ccc(O)c(O)c2)c1. The van der Waals surface area contributed by atoms with Crippen LogP contribution in [0, 0.1) is 0 Å². The number of benzene rings is 2. The van der Waals surface area contributed by atoms with Gasteiger partial charge in [0.2, 0.25) is 0 Å². The van der Waals surface area contributed by atoms with Gasteiger partial charge in [0.05, 0.1) is 13.7 Å². The lowest BCUT2D eigenvalue weighted by Crippen LogP contribution is -2.04. The Morgan fingerprint density at radius 1 is 1.05 bits per heavy atom. The number of hydrogen-bond donors (Lipinski definition) is 3. The molecule has 116 valence electrons. The lowest BCUT2D eigenvalue weighted by Gasteiger charge is -2.10. The first-order valence-electron chi connectivity index (χ1n) is 6.55. The second kappa shape index (κ2) is 6.71. The van der Waals surface area contributed by atoms with Crippen molar-refractivity contribution >= 4 is 6.16 Å². The van der Waals surface area contributed by atoms with Crippen LogP contribution in [0.3, 0.4) is 0 Å². The van der Waals surface area contributed by atoms with Crippen molar-refractivity contribution < 1.29 is 29.6 Å². The van der Waals surface area contributed by atoms with Crippen molar-refractivity contribution in [2.75, 3.05) is 13.7 Å². The predicted molar refractivity (Wildman–Crippen MR) is 79.4 cm³/mol. The van der Waals surface area contributed by atoms with E-state index in [1.165, 1.54) is 19.2 Å². The van der Waals surface area contributed by atoms with Crippen LogP contribution in [0.1, 0.15) is 5.56 Å². The molecular formula is C16H16O6. The minimum Gasteiger partial charge on any atom is -0.504 e. The van der Waals surface area contributed by atoms with Gasteiger partial charge < -0.3 is 24.8 Å². The highest BCUT2D eigenvalue weighted by molar-refractivity contribution is 5.69. The molecule has 0 unspecified atom stereocenters. The van der Waals surface area contributed by atoms with Crippen LogP contribution in [-0.4, -0.2) is 35.2 Å². The van der Waals surface area contributed by atoms with E-state index in [0.29, 0.717) is 17.7 Å². The summed E-state index contributed by atoms with van der Waals surface area (Å²) in [7, 11) is 1.53. The Balaban J connectivity index is 2.30. The quantitative estimate of drug-likeness (QED) is 0.580. The normalized spacial score (nSPS) is 10.2.